The Balaban J connectivity index is 2.34. The highest BCUT2D eigenvalue weighted by molar-refractivity contribution is 5.64. The van der Waals surface area contributed by atoms with Crippen LogP contribution in [0.2, 0.25) is 0 Å². The first-order chi connectivity index (χ1) is 8.50. The second-order valence-corrected chi connectivity index (χ2v) is 5.40. The van der Waals surface area contributed by atoms with Gasteiger partial charge in [-0.3, -0.25) is 10.8 Å². The van der Waals surface area contributed by atoms with Crippen LogP contribution < -0.4 is 11.3 Å². The van der Waals surface area contributed by atoms with Gasteiger partial charge in [0, 0.05) is 11.8 Å². The van der Waals surface area contributed by atoms with Gasteiger partial charge in [-0.1, -0.05) is 45.0 Å². The smallest absolute Gasteiger partial charge is 0.0723 e. The van der Waals surface area contributed by atoms with Gasteiger partial charge >= 0.3 is 0 Å². The lowest BCUT2D eigenvalue weighted by Crippen LogP contribution is -2.10. The van der Waals surface area contributed by atoms with Gasteiger partial charge in [0.15, 0.2) is 0 Å². The molecule has 0 aliphatic heterocycles. The lowest BCUT2D eigenvalue weighted by Gasteiger charge is -2.19. The van der Waals surface area contributed by atoms with E-state index in [1.54, 1.807) is 6.20 Å². The highest BCUT2D eigenvalue weighted by atomic mass is 15.2. The number of rotatable bonds is 2. The zero-order valence-electron chi connectivity index (χ0n) is 11.1. The number of hydrogen-bond donors (Lipinski definition) is 2. The normalized spacial score (nSPS) is 11.3. The molecule has 2 rings (SSSR count). The number of anilines is 1. The molecule has 0 fully saturated rings. The fraction of sp³-hybridized carbons (Fsp3) is 0.267. The van der Waals surface area contributed by atoms with Gasteiger partial charge in [-0.15, -0.1) is 0 Å². The fourth-order valence-electron chi connectivity index (χ4n) is 1.82. The van der Waals surface area contributed by atoms with E-state index in [1.165, 1.54) is 5.56 Å². The standard InChI is InChI=1S/C15H19N3/c1-15(2,3)12-6-4-11(5-7-12)14-10-13(18-16)8-9-17-14/h4-10H,16H2,1-3H3,(H,17,18). The molecule has 3 N–H and O–H groups in total. The Morgan fingerprint density at radius 1 is 1.06 bits per heavy atom. The van der Waals surface area contributed by atoms with Gasteiger partial charge in [0.05, 0.1) is 11.4 Å². The van der Waals surface area contributed by atoms with Crippen molar-refractivity contribution in [3.8, 4) is 11.3 Å². The van der Waals surface area contributed by atoms with Crippen LogP contribution in [0.5, 0.6) is 0 Å². The minimum Gasteiger partial charge on any atom is -0.324 e. The van der Waals surface area contributed by atoms with Crippen molar-refractivity contribution in [1.82, 2.24) is 4.98 Å². The van der Waals surface area contributed by atoms with E-state index in [2.05, 4.69) is 55.4 Å². The number of benzene rings is 1. The molecule has 0 saturated heterocycles. The molecule has 0 aliphatic rings. The molecule has 0 bridgehead atoms. The molecule has 18 heavy (non-hydrogen) atoms. The van der Waals surface area contributed by atoms with Crippen LogP contribution in [0.4, 0.5) is 5.69 Å². The summed E-state index contributed by atoms with van der Waals surface area (Å²) in [6.07, 6.45) is 1.75. The lowest BCUT2D eigenvalue weighted by atomic mass is 9.86. The van der Waals surface area contributed by atoms with Gasteiger partial charge in [0.25, 0.3) is 0 Å². The average Bonchev–Trinajstić information content (AvgIpc) is 2.38. The molecule has 3 nitrogen and oxygen atoms in total. The second-order valence-electron chi connectivity index (χ2n) is 5.40. The molecule has 3 heteroatoms. The number of nitrogens with zero attached hydrogens (tertiary/aromatic N) is 1. The number of nitrogens with one attached hydrogen (secondary N) is 1. The minimum atomic E-state index is 0.173. The quantitative estimate of drug-likeness (QED) is 0.626. The first-order valence-electron chi connectivity index (χ1n) is 6.04. The van der Waals surface area contributed by atoms with Crippen LogP contribution in [0.15, 0.2) is 42.6 Å². The van der Waals surface area contributed by atoms with Crippen molar-refractivity contribution < 1.29 is 0 Å². The van der Waals surface area contributed by atoms with E-state index >= 15 is 0 Å². The third-order valence-corrected chi connectivity index (χ3v) is 2.97. The van der Waals surface area contributed by atoms with Crippen LogP contribution in [-0.2, 0) is 5.41 Å². The molecule has 0 amide bonds. The summed E-state index contributed by atoms with van der Waals surface area (Å²) in [6.45, 7) is 6.62. The first-order valence-corrected chi connectivity index (χ1v) is 6.04. The number of hydrogen-bond acceptors (Lipinski definition) is 3. The van der Waals surface area contributed by atoms with Crippen molar-refractivity contribution in [3.63, 3.8) is 0 Å². The summed E-state index contributed by atoms with van der Waals surface area (Å²) in [7, 11) is 0. The number of pyridine rings is 1. The number of nitrogens with two attached hydrogens (primary N) is 1. The van der Waals surface area contributed by atoms with Crippen LogP contribution in [0.25, 0.3) is 11.3 Å². The predicted molar refractivity (Wildman–Crippen MR) is 76.2 cm³/mol. The zero-order chi connectivity index (χ0) is 13.2. The van der Waals surface area contributed by atoms with E-state index in [1.807, 2.05) is 12.1 Å². The van der Waals surface area contributed by atoms with Crippen molar-refractivity contribution in [2.45, 2.75) is 26.2 Å². The van der Waals surface area contributed by atoms with Crippen LogP contribution in [0, 0.1) is 0 Å². The van der Waals surface area contributed by atoms with Crippen LogP contribution >= 0.6 is 0 Å². The molecule has 2 aromatic rings. The summed E-state index contributed by atoms with van der Waals surface area (Å²) < 4.78 is 0. The first kappa shape index (κ1) is 12.6. The maximum absolute atomic E-state index is 5.40. The average molecular weight is 241 g/mol. The third-order valence-electron chi connectivity index (χ3n) is 2.97. The summed E-state index contributed by atoms with van der Waals surface area (Å²) >= 11 is 0. The van der Waals surface area contributed by atoms with Crippen LogP contribution in [0.1, 0.15) is 26.3 Å². The van der Waals surface area contributed by atoms with Crippen molar-refractivity contribution in [2.24, 2.45) is 5.84 Å². The van der Waals surface area contributed by atoms with Crippen molar-refractivity contribution in [2.75, 3.05) is 5.43 Å². The fourth-order valence-corrected chi connectivity index (χ4v) is 1.82. The Morgan fingerprint density at radius 3 is 2.28 bits per heavy atom. The molecule has 0 unspecified atom stereocenters. The molecule has 0 spiro atoms. The van der Waals surface area contributed by atoms with Gasteiger partial charge in [-0.05, 0) is 23.1 Å². The Hall–Kier alpha value is -1.87. The molecule has 1 aromatic heterocycles. The van der Waals surface area contributed by atoms with E-state index in [-0.39, 0.29) is 5.41 Å². The largest absolute Gasteiger partial charge is 0.324 e. The SMILES string of the molecule is CC(C)(C)c1ccc(-c2cc(NN)ccn2)cc1. The summed E-state index contributed by atoms with van der Waals surface area (Å²) in [5, 5.41) is 0. The summed E-state index contributed by atoms with van der Waals surface area (Å²) in [5.41, 5.74) is 7.01. The number of aromatic nitrogens is 1. The molecule has 94 valence electrons. The van der Waals surface area contributed by atoms with Crippen LogP contribution in [0.3, 0.4) is 0 Å². The van der Waals surface area contributed by atoms with E-state index in [0.29, 0.717) is 0 Å². The van der Waals surface area contributed by atoms with Gasteiger partial charge in [-0.25, -0.2) is 0 Å². The Labute approximate surface area is 108 Å². The molecular weight excluding hydrogens is 222 g/mol. The van der Waals surface area contributed by atoms with Crippen LogP contribution in [-0.4, -0.2) is 4.98 Å². The van der Waals surface area contributed by atoms with E-state index in [4.69, 9.17) is 5.84 Å². The van der Waals surface area contributed by atoms with Crippen molar-refractivity contribution >= 4 is 5.69 Å². The zero-order valence-corrected chi connectivity index (χ0v) is 11.1. The van der Waals surface area contributed by atoms with Gasteiger partial charge < -0.3 is 5.43 Å². The highest BCUT2D eigenvalue weighted by Crippen LogP contribution is 2.26. The molecule has 1 heterocycles. The summed E-state index contributed by atoms with van der Waals surface area (Å²) in [4.78, 5) is 4.35. The van der Waals surface area contributed by atoms with E-state index in [9.17, 15) is 0 Å². The number of nitrogen functional groups attached to an aromatic ring is 1. The Kier molecular flexibility index (Phi) is 3.34. The second kappa shape index (κ2) is 4.78. The van der Waals surface area contributed by atoms with E-state index < -0.39 is 0 Å². The molecule has 1 aromatic carbocycles. The highest BCUT2D eigenvalue weighted by Gasteiger charge is 2.13. The summed E-state index contributed by atoms with van der Waals surface area (Å²) in [6, 6.07) is 12.3. The Morgan fingerprint density at radius 2 is 1.72 bits per heavy atom. The summed E-state index contributed by atoms with van der Waals surface area (Å²) in [5.74, 6) is 5.40. The van der Waals surface area contributed by atoms with Crippen molar-refractivity contribution in [3.05, 3.63) is 48.2 Å². The molecule has 0 radical (unpaired) electrons. The van der Waals surface area contributed by atoms with Gasteiger partial charge in [0.2, 0.25) is 0 Å². The lowest BCUT2D eigenvalue weighted by molar-refractivity contribution is 0.590. The monoisotopic (exact) mass is 241 g/mol. The van der Waals surface area contributed by atoms with Gasteiger partial charge in [-0.2, -0.15) is 0 Å². The van der Waals surface area contributed by atoms with Crippen molar-refractivity contribution in [1.29, 1.82) is 0 Å². The molecule has 0 aliphatic carbocycles. The Bertz CT molecular complexity index is 524. The maximum Gasteiger partial charge on any atom is 0.0723 e. The molecular formula is C15H19N3. The maximum atomic E-state index is 5.40. The topological polar surface area (TPSA) is 50.9 Å². The van der Waals surface area contributed by atoms with Gasteiger partial charge in [0.1, 0.15) is 0 Å². The molecule has 0 saturated carbocycles. The number of hydrazine groups is 1. The predicted octanol–water partition coefficient (Wildman–Crippen LogP) is 3.33. The van der Waals surface area contributed by atoms with E-state index in [0.717, 1.165) is 16.9 Å². The third kappa shape index (κ3) is 2.68. The minimum absolute atomic E-state index is 0.173. The molecule has 0 atom stereocenters.